The molecule has 0 fully saturated rings. The van der Waals surface area contributed by atoms with Crippen molar-refractivity contribution in [3.63, 3.8) is 0 Å². The van der Waals surface area contributed by atoms with E-state index in [9.17, 15) is 22.8 Å². The van der Waals surface area contributed by atoms with E-state index in [0.29, 0.717) is 18.8 Å². The molecule has 0 bridgehead atoms. The summed E-state index contributed by atoms with van der Waals surface area (Å²) in [6, 6.07) is 7.27. The minimum atomic E-state index is -4.67. The number of benzene rings is 1. The lowest BCUT2D eigenvalue weighted by Gasteiger charge is -2.27. The Kier molecular flexibility index (Phi) is 4.82. The molecule has 1 aromatic heterocycles. The van der Waals surface area contributed by atoms with E-state index in [0.717, 1.165) is 5.56 Å². The second-order valence-corrected chi connectivity index (χ2v) is 6.18. The molecule has 9 heteroatoms. The van der Waals surface area contributed by atoms with Crippen molar-refractivity contribution in [1.82, 2.24) is 14.9 Å². The number of H-pyrrole nitrogens is 1. The number of hydrogen-bond acceptors (Lipinski definition) is 4. The Morgan fingerprint density at radius 1 is 1.31 bits per heavy atom. The molecule has 1 aromatic carbocycles. The molecular formula is C17H17F3N4O2. The van der Waals surface area contributed by atoms with Gasteiger partial charge in [-0.05, 0) is 17.7 Å². The van der Waals surface area contributed by atoms with E-state index in [1.165, 1.54) is 6.92 Å². The van der Waals surface area contributed by atoms with Crippen molar-refractivity contribution in [2.24, 2.45) is 0 Å². The molecule has 138 valence electrons. The summed E-state index contributed by atoms with van der Waals surface area (Å²) < 4.78 is 38.2. The van der Waals surface area contributed by atoms with Crippen molar-refractivity contribution in [2.75, 3.05) is 11.9 Å². The van der Waals surface area contributed by atoms with Crippen molar-refractivity contribution in [2.45, 2.75) is 32.6 Å². The third-order valence-corrected chi connectivity index (χ3v) is 4.10. The third-order valence-electron chi connectivity index (χ3n) is 4.10. The highest BCUT2D eigenvalue weighted by Crippen LogP contribution is 2.26. The van der Waals surface area contributed by atoms with Gasteiger partial charge >= 0.3 is 6.18 Å². The van der Waals surface area contributed by atoms with Gasteiger partial charge in [-0.25, -0.2) is 4.98 Å². The number of carbonyl (C=O) groups excluding carboxylic acids is 1. The Hall–Kier alpha value is -2.68. The number of carbonyl (C=O) groups is 1. The van der Waals surface area contributed by atoms with Gasteiger partial charge < -0.3 is 10.3 Å². The third kappa shape index (κ3) is 4.10. The number of nitrogens with zero attached hydrogens (tertiary/aromatic N) is 2. The number of hydrogen-bond donors (Lipinski definition) is 2. The first-order chi connectivity index (χ1) is 12.2. The monoisotopic (exact) mass is 366 g/mol. The van der Waals surface area contributed by atoms with Gasteiger partial charge in [0.2, 0.25) is 11.7 Å². The number of halogens is 3. The molecule has 2 N–H and O–H groups in total. The second-order valence-electron chi connectivity index (χ2n) is 6.18. The Balaban J connectivity index is 1.73. The Labute approximate surface area is 147 Å². The first-order valence-corrected chi connectivity index (χ1v) is 8.00. The molecule has 0 aliphatic carbocycles. The topological polar surface area (TPSA) is 78.1 Å². The molecule has 0 radical (unpaired) electrons. The van der Waals surface area contributed by atoms with Crippen molar-refractivity contribution in [3.8, 4) is 0 Å². The zero-order valence-electron chi connectivity index (χ0n) is 14.0. The quantitative estimate of drug-likeness (QED) is 0.874. The first kappa shape index (κ1) is 18.1. The molecule has 0 saturated carbocycles. The van der Waals surface area contributed by atoms with Gasteiger partial charge in [-0.15, -0.1) is 0 Å². The summed E-state index contributed by atoms with van der Waals surface area (Å²) in [5, 5.41) is 2.68. The largest absolute Gasteiger partial charge is 0.449 e. The van der Waals surface area contributed by atoms with Crippen LogP contribution in [0.1, 0.15) is 29.6 Å². The molecule has 1 amide bonds. The van der Waals surface area contributed by atoms with Crippen LogP contribution in [0.4, 0.5) is 18.9 Å². The number of aromatic nitrogens is 2. The number of amides is 1. The van der Waals surface area contributed by atoms with Gasteiger partial charge in [-0.2, -0.15) is 13.2 Å². The van der Waals surface area contributed by atoms with E-state index >= 15 is 0 Å². The van der Waals surface area contributed by atoms with Crippen LogP contribution in [-0.2, 0) is 30.5 Å². The smallest absolute Gasteiger partial charge is 0.326 e. The number of alkyl halides is 3. The maximum absolute atomic E-state index is 12.7. The predicted molar refractivity (Wildman–Crippen MR) is 88.4 cm³/mol. The summed E-state index contributed by atoms with van der Waals surface area (Å²) in [4.78, 5) is 30.4. The van der Waals surface area contributed by atoms with Crippen molar-refractivity contribution < 1.29 is 18.0 Å². The van der Waals surface area contributed by atoms with Crippen molar-refractivity contribution >= 4 is 11.6 Å². The standard InChI is InChI=1S/C17H17F3N4O2/c1-10(25)21-12-4-2-11(3-5-12)8-24-7-6-14-13(9-24)15(26)23-16(22-14)17(18,19)20/h2-5H,6-9H2,1H3,(H,21,25)(H,22,23,26). The molecule has 2 heterocycles. The fourth-order valence-corrected chi connectivity index (χ4v) is 2.91. The minimum absolute atomic E-state index is 0.157. The van der Waals surface area contributed by atoms with Crippen LogP contribution < -0.4 is 10.9 Å². The van der Waals surface area contributed by atoms with E-state index in [1.807, 2.05) is 22.0 Å². The molecule has 0 atom stereocenters. The van der Waals surface area contributed by atoms with Crippen LogP contribution in [0.3, 0.4) is 0 Å². The minimum Gasteiger partial charge on any atom is -0.326 e. The highest BCUT2D eigenvalue weighted by atomic mass is 19.4. The molecule has 1 aliphatic heterocycles. The summed E-state index contributed by atoms with van der Waals surface area (Å²) in [5.41, 5.74) is 1.40. The second kappa shape index (κ2) is 6.91. The van der Waals surface area contributed by atoms with Gasteiger partial charge in [0.15, 0.2) is 0 Å². The van der Waals surface area contributed by atoms with E-state index in [2.05, 4.69) is 10.3 Å². The number of rotatable bonds is 3. The highest BCUT2D eigenvalue weighted by molar-refractivity contribution is 5.88. The molecule has 0 unspecified atom stereocenters. The van der Waals surface area contributed by atoms with Crippen LogP contribution in [0.15, 0.2) is 29.1 Å². The highest BCUT2D eigenvalue weighted by Gasteiger charge is 2.35. The van der Waals surface area contributed by atoms with Crippen LogP contribution >= 0.6 is 0 Å². The Bertz CT molecular complexity index is 875. The number of aromatic amines is 1. The van der Waals surface area contributed by atoms with E-state index in [1.54, 1.807) is 12.1 Å². The molecule has 0 spiro atoms. The number of anilines is 1. The Morgan fingerprint density at radius 3 is 2.62 bits per heavy atom. The van der Waals surface area contributed by atoms with Gasteiger partial charge in [0.1, 0.15) is 0 Å². The van der Waals surface area contributed by atoms with Gasteiger partial charge in [0.05, 0.1) is 11.3 Å². The van der Waals surface area contributed by atoms with Crippen LogP contribution in [0.25, 0.3) is 0 Å². The summed E-state index contributed by atoms with van der Waals surface area (Å²) in [6.07, 6.45) is -4.38. The normalized spacial score (nSPS) is 14.8. The summed E-state index contributed by atoms with van der Waals surface area (Å²) in [6.45, 7) is 2.71. The predicted octanol–water partition coefficient (Wildman–Crippen LogP) is 2.31. The first-order valence-electron chi connectivity index (χ1n) is 8.00. The number of fused-ring (bicyclic) bond motifs is 1. The van der Waals surface area contributed by atoms with Crippen LogP contribution in [0.2, 0.25) is 0 Å². The molecule has 6 nitrogen and oxygen atoms in total. The van der Waals surface area contributed by atoms with Crippen LogP contribution in [-0.4, -0.2) is 27.3 Å². The lowest BCUT2D eigenvalue weighted by Crippen LogP contribution is -2.36. The lowest BCUT2D eigenvalue weighted by atomic mass is 10.1. The van der Waals surface area contributed by atoms with E-state index in [-0.39, 0.29) is 30.1 Å². The SMILES string of the molecule is CC(=O)Nc1ccc(CN2CCc3nc(C(F)(F)F)[nH]c(=O)c3C2)cc1. The molecule has 0 saturated heterocycles. The van der Waals surface area contributed by atoms with Gasteiger partial charge in [-0.1, -0.05) is 12.1 Å². The molecule has 2 aromatic rings. The van der Waals surface area contributed by atoms with E-state index < -0.39 is 17.6 Å². The zero-order valence-corrected chi connectivity index (χ0v) is 14.0. The fourth-order valence-electron chi connectivity index (χ4n) is 2.91. The van der Waals surface area contributed by atoms with Crippen LogP contribution in [0.5, 0.6) is 0 Å². The van der Waals surface area contributed by atoms with Crippen LogP contribution in [0, 0.1) is 0 Å². The Morgan fingerprint density at radius 2 is 2.00 bits per heavy atom. The fraction of sp³-hybridized carbons (Fsp3) is 0.353. The van der Waals surface area contributed by atoms with Gasteiger partial charge in [-0.3, -0.25) is 14.5 Å². The maximum Gasteiger partial charge on any atom is 0.449 e. The maximum atomic E-state index is 12.7. The molecule has 26 heavy (non-hydrogen) atoms. The van der Waals surface area contributed by atoms with Crippen molar-refractivity contribution in [3.05, 3.63) is 57.3 Å². The van der Waals surface area contributed by atoms with Crippen molar-refractivity contribution in [1.29, 1.82) is 0 Å². The van der Waals surface area contributed by atoms with E-state index in [4.69, 9.17) is 0 Å². The summed E-state index contributed by atoms with van der Waals surface area (Å²) in [5.74, 6) is -1.40. The molecule has 3 rings (SSSR count). The molecule has 1 aliphatic rings. The van der Waals surface area contributed by atoms with Gasteiger partial charge in [0, 0.05) is 38.7 Å². The average molecular weight is 366 g/mol. The summed E-state index contributed by atoms with van der Waals surface area (Å²) in [7, 11) is 0. The average Bonchev–Trinajstić information content (AvgIpc) is 2.56. The number of nitrogens with one attached hydrogen (secondary N) is 2. The van der Waals surface area contributed by atoms with Gasteiger partial charge in [0.25, 0.3) is 5.56 Å². The molecular weight excluding hydrogens is 349 g/mol. The lowest BCUT2D eigenvalue weighted by molar-refractivity contribution is -0.145. The summed E-state index contributed by atoms with van der Waals surface area (Å²) >= 11 is 0. The zero-order chi connectivity index (χ0) is 18.9.